The normalized spacial score (nSPS) is 9.40. The van der Waals surface area contributed by atoms with Crippen LogP contribution < -0.4 is 196 Å². The molecular formula is C99H98B2Br2Cs2N14O18S9. The molecule has 0 saturated heterocycles. The van der Waals surface area contributed by atoms with Crippen molar-refractivity contribution in [2.45, 2.75) is 62.3 Å². The Balaban J connectivity index is 0.000000839. The number of thiol groups is 2. The Morgan fingerprint density at radius 2 is 0.836 bits per heavy atom. The number of hydrogen-bond acceptors (Lipinski definition) is 35. The number of carbonyl (C=O) groups is 6. The van der Waals surface area contributed by atoms with Gasteiger partial charge in [-0.05, 0) is 200 Å². The average molecular weight is 2510 g/mol. The number of phenols is 1. The van der Waals surface area contributed by atoms with Crippen molar-refractivity contribution in [3.05, 3.63) is 369 Å². The maximum atomic E-state index is 12.6. The van der Waals surface area contributed by atoms with Gasteiger partial charge in [-0.25, -0.2) is 24.7 Å². The molecule has 13 N–H and O–H groups in total. The molecule has 0 aliphatic carbocycles. The quantitative estimate of drug-likeness (QED) is 0.00347. The van der Waals surface area contributed by atoms with Crippen LogP contribution in [-0.2, 0) is 9.68 Å². The van der Waals surface area contributed by atoms with E-state index in [1.807, 2.05) is 209 Å². The number of carbonyl (C=O) groups excluding carboxylic acids is 5. The number of aromatic carboxylic acids is 1. The molecule has 0 saturated carbocycles. The Morgan fingerprint density at radius 1 is 0.493 bits per heavy atom. The zero-order valence-electron chi connectivity index (χ0n) is 81.5. The van der Waals surface area contributed by atoms with E-state index in [0.29, 0.717) is 77.5 Å². The van der Waals surface area contributed by atoms with Crippen LogP contribution in [0.4, 0.5) is 30.5 Å². The van der Waals surface area contributed by atoms with Gasteiger partial charge in [0.1, 0.15) is 45.0 Å². The molecule has 0 aliphatic heterocycles. The molecule has 6 heterocycles. The number of para-hydroxylation sites is 2. The molecule has 748 valence electrons. The van der Waals surface area contributed by atoms with Crippen molar-refractivity contribution in [1.82, 2.24) is 19.9 Å². The molecule has 16 aromatic rings. The third-order valence-corrected chi connectivity index (χ3v) is 23.6. The second kappa shape index (κ2) is 74.7. The number of ketones is 3. The predicted octanol–water partition coefficient (Wildman–Crippen LogP) is 18.8. The van der Waals surface area contributed by atoms with Gasteiger partial charge in [0.05, 0.1) is 48.4 Å². The van der Waals surface area contributed by atoms with Gasteiger partial charge < -0.3 is 69.4 Å². The van der Waals surface area contributed by atoms with Crippen LogP contribution in [-0.4, -0.2) is 115 Å². The van der Waals surface area contributed by atoms with Crippen molar-refractivity contribution in [3.8, 4) is 83.9 Å². The first kappa shape index (κ1) is 132. The number of rotatable bonds is 22. The summed E-state index contributed by atoms with van der Waals surface area (Å²) in [4.78, 5) is 104. The van der Waals surface area contributed by atoms with E-state index in [1.54, 1.807) is 19.1 Å². The number of nitrogens with two attached hydrogens (primary N) is 5. The molecule has 0 atom stereocenters. The van der Waals surface area contributed by atoms with Crippen molar-refractivity contribution in [3.63, 3.8) is 0 Å². The Morgan fingerprint density at radius 3 is 1.18 bits per heavy atom. The van der Waals surface area contributed by atoms with Crippen LogP contribution in [0, 0.1) is 54.8 Å². The number of carboxylic acids is 1. The van der Waals surface area contributed by atoms with Crippen LogP contribution in [0.15, 0.2) is 303 Å². The molecule has 10 aromatic carbocycles. The fraction of sp³-hybridized carbons (Fsp3) is 0.121. The van der Waals surface area contributed by atoms with Crippen LogP contribution >= 0.6 is 138 Å². The topological polar surface area (TPSA) is 517 Å². The molecule has 47 heteroatoms. The number of benzene rings is 10. The van der Waals surface area contributed by atoms with Crippen LogP contribution in [0.2, 0.25) is 0 Å². The van der Waals surface area contributed by atoms with Gasteiger partial charge in [-0.3, -0.25) is 49.5 Å². The number of carboxylic acid groups (broad SMARTS) is 1. The molecule has 0 aliphatic rings. The second-order valence-electron chi connectivity index (χ2n) is 28.0. The number of amides is 1. The SMILES string of the molecule is CC(=O)c1ccc(C)cc1.CC(=O)c1ccc(O)cc1.CCOc1ccc(-c2nc(N)sc2Oc2ccccc2)cc1.CCOc1ccc(-c2nc(NC(=O)c3ccc([N+](=O)[O-])s3)sc2Oc2ccccc2)cc1.Cc1ccc(-c2csc(N)n2)cc1.Cc1ccc(-c2nc(N)sc2Br)cc1.Cc1ccc(C(=O)CBr)cc1.Cc1ccccc1.NC(N)=S.O=C(O)c1ccc([N+](=O)[O-])s1.O=CO[O-].[B]=NS.[B]=NS.[Cs+].[Cs+].[H-]. The minimum atomic E-state index is -1.14. The van der Waals surface area contributed by atoms with Gasteiger partial charge in [-0.2, -0.15) is 0 Å². The molecule has 1 amide bonds. The molecule has 0 bridgehead atoms. The third kappa shape index (κ3) is 52.7. The predicted molar refractivity (Wildman–Crippen MR) is 596 cm³/mol. The first-order valence-corrected chi connectivity index (χ1v) is 49.8. The number of nitro groups is 2. The van der Waals surface area contributed by atoms with Crippen molar-refractivity contribution in [1.29, 1.82) is 0 Å². The minimum absolute atomic E-state index is 0. The maximum Gasteiger partial charge on any atom is 1.00 e. The fourth-order valence-corrected chi connectivity index (χ4v) is 15.8. The van der Waals surface area contributed by atoms with Gasteiger partial charge in [0.25, 0.3) is 12.4 Å². The Kier molecular flexibility index (Phi) is 67.5. The van der Waals surface area contributed by atoms with Gasteiger partial charge in [0.15, 0.2) is 43.0 Å². The summed E-state index contributed by atoms with van der Waals surface area (Å²) in [6.45, 7) is 18.2. The van der Waals surface area contributed by atoms with E-state index < -0.39 is 21.7 Å². The standard InChI is InChI=1S/C22H17N3O5S2.C17H16N2O2S.C10H9BrN2S.C10H10N2S.C9H9BrO.C9H10O.C8H8O2.C7H8.C5H3NO4S.CH4N2S.CH2O3.2BHNS.2Cs.H/c1-2-29-15-10-8-14(9-11-15)19-21(30-16-6-4-3-5-7-16)32-22(23-19)24-20(26)17-12-13-18(31-17)25(27)28;1-2-20-13-10-8-12(9-11-13)15-16(22-17(18)19-15)21-14-6-4-3-5-7-14;1-6-2-4-7(5-3-6)8-9(11)14-10(12)13-8;1-7-2-4-8(5-3-7)9-6-13-10(11)12-9;1-7-2-4-8(5-3-7)9(11)6-10;1-7-3-5-9(6-4-7)8(2)10;1-6(9)7-2-4-8(10)5-3-7;1-7-5-3-2-4-6-7;7-5(8)3-1-2-4(11-3)6(9)10;2-1(3)4;2-1-4-3;2*1-2-3;;;/h3-13H,2H2,1H3,(H,23,24,26);3-11H,2H2,1H3,(H2,18,19);2-5H,1H3,(H2,12,13);2-6H,1H3,(H2,11,12);2-5H,6H2,1H3;3-6H,1-2H3;2-5,10H,1H3;2-6H,1H3;1-2H,(H,7,8);(H4,2,3,4);1,3H;2*3H;;;/q;;;;;;;;;;;;;2*+1;-1/p-1. The van der Waals surface area contributed by atoms with Crippen LogP contribution in [0.3, 0.4) is 0 Å². The summed E-state index contributed by atoms with van der Waals surface area (Å²) in [7, 11) is 8.67. The monoisotopic (exact) mass is 2500 g/mol. The second-order valence-corrected chi connectivity index (χ2v) is 36.9. The van der Waals surface area contributed by atoms with E-state index in [4.69, 9.17) is 56.4 Å². The number of nitrogen functional groups attached to an aromatic ring is 3. The van der Waals surface area contributed by atoms with Crippen molar-refractivity contribution < 1.29 is 217 Å². The van der Waals surface area contributed by atoms with Crippen molar-refractivity contribution in [2.24, 2.45) is 20.1 Å². The number of anilines is 4. The third-order valence-electron chi connectivity index (χ3n) is 17.2. The number of thiazole rings is 4. The Hall–Kier alpha value is -10.1. The number of aromatic hydroxyl groups is 1. The summed E-state index contributed by atoms with van der Waals surface area (Å²) in [5.41, 5.74) is 41.8. The number of nitrogens with one attached hydrogen (secondary N) is 1. The molecular weight excluding hydrogens is 2410 g/mol. The van der Waals surface area contributed by atoms with E-state index in [0.717, 1.165) is 82.8 Å². The average Bonchev–Trinajstić information content (AvgIpc) is 1.68. The number of ether oxygens (including phenoxy) is 4. The number of hydrogen-bond donors (Lipinski definition) is 10. The molecule has 0 fully saturated rings. The first-order chi connectivity index (χ1) is 68.8. The van der Waals surface area contributed by atoms with Gasteiger partial charge in [0.2, 0.25) is 10.1 Å². The van der Waals surface area contributed by atoms with E-state index in [1.165, 1.54) is 116 Å². The molecule has 146 heavy (non-hydrogen) atoms. The molecule has 0 unspecified atom stereocenters. The minimum Gasteiger partial charge on any atom is -1.00 e. The number of nitrogens with zero attached hydrogens (tertiary/aromatic N) is 8. The number of phenolic OH excluding ortho intramolecular Hbond substituents is 1. The number of alkyl halides is 1. The van der Waals surface area contributed by atoms with Gasteiger partial charge in [-0.1, -0.05) is 264 Å². The summed E-state index contributed by atoms with van der Waals surface area (Å²) in [6.07, 6.45) is 0. The van der Waals surface area contributed by atoms with Gasteiger partial charge in [-0.15, -0.1) is 11.3 Å². The summed E-state index contributed by atoms with van der Waals surface area (Å²) in [5, 5.41) is 54.6. The first-order valence-electron chi connectivity index (χ1n) is 41.7. The molecule has 6 aromatic heterocycles. The fourth-order valence-electron chi connectivity index (χ4n) is 10.6. The maximum absolute atomic E-state index is 12.6. The zero-order chi connectivity index (χ0) is 107. The molecule has 32 nitrogen and oxygen atoms in total. The number of thiocarbonyl (C=S) groups is 1. The van der Waals surface area contributed by atoms with E-state index in [-0.39, 0.29) is 194 Å². The molecule has 16 rings (SSSR count). The summed E-state index contributed by atoms with van der Waals surface area (Å²) in [6, 6.07) is 87.2. The zero-order valence-corrected chi connectivity index (χ0v) is 104. The van der Waals surface area contributed by atoms with Gasteiger partial charge >= 0.3 is 203 Å². The summed E-state index contributed by atoms with van der Waals surface area (Å²) >= 11 is 23.9. The number of halogens is 2. The Bertz CT molecular complexity index is 6580. The summed E-state index contributed by atoms with van der Waals surface area (Å²) in [5.74, 6) is 1.82. The molecule has 2 radical (unpaired) electrons. The van der Waals surface area contributed by atoms with Crippen LogP contribution in [0.5, 0.6) is 38.9 Å². The van der Waals surface area contributed by atoms with Gasteiger partial charge in [0, 0.05) is 56.5 Å². The van der Waals surface area contributed by atoms with Crippen molar-refractivity contribution >= 4 is 224 Å². The largest absolute Gasteiger partial charge is 1.00 e. The van der Waals surface area contributed by atoms with Crippen LogP contribution in [0.25, 0.3) is 45.0 Å². The number of aryl methyl sites for hydroxylation is 5. The van der Waals surface area contributed by atoms with Crippen LogP contribution in [0.1, 0.15) is 107 Å². The number of Topliss-reactive ketones (excluding diaryl/α,β-unsaturated/α-hetero) is 3. The smallest absolute Gasteiger partial charge is 1.00 e. The Labute approximate surface area is 1020 Å². The van der Waals surface area contributed by atoms with E-state index in [9.17, 15) is 44.2 Å². The van der Waals surface area contributed by atoms with E-state index in [2.05, 4.69) is 217 Å². The number of aromatic nitrogens is 4. The summed E-state index contributed by atoms with van der Waals surface area (Å²) < 4.78 is 29.3. The van der Waals surface area contributed by atoms with E-state index >= 15 is 0 Å². The number of thiophene rings is 2. The van der Waals surface area contributed by atoms with Crippen molar-refractivity contribution in [2.75, 3.05) is 41.1 Å². The molecule has 0 spiro atoms.